The lowest BCUT2D eigenvalue weighted by atomic mass is 9.99. The van der Waals surface area contributed by atoms with E-state index in [-0.39, 0.29) is 0 Å². The van der Waals surface area contributed by atoms with Crippen LogP contribution in [-0.2, 0) is 0 Å². The maximum Gasteiger partial charge on any atom is 0.133 e. The Labute approximate surface area is 137 Å². The van der Waals surface area contributed by atoms with Crippen molar-refractivity contribution in [1.82, 2.24) is 0 Å². The molecule has 0 saturated carbocycles. The maximum atomic E-state index is 10.6. The third kappa shape index (κ3) is 3.34. The van der Waals surface area contributed by atoms with Gasteiger partial charge in [-0.2, -0.15) is 0 Å². The summed E-state index contributed by atoms with van der Waals surface area (Å²) in [4.78, 5) is 0. The first kappa shape index (κ1) is 16.1. The summed E-state index contributed by atoms with van der Waals surface area (Å²) in [6.07, 6.45) is -0.821. The van der Waals surface area contributed by atoms with Crippen LogP contribution in [0.3, 0.4) is 0 Å². The smallest absolute Gasteiger partial charge is 0.133 e. The summed E-state index contributed by atoms with van der Waals surface area (Å²) in [5, 5.41) is 11.3. The zero-order valence-corrected chi connectivity index (χ0v) is 14.3. The topological polar surface area (TPSA) is 38.7 Å². The Morgan fingerprint density at radius 1 is 1.10 bits per heavy atom. The summed E-state index contributed by atoms with van der Waals surface area (Å²) >= 11 is 9.43. The van der Waals surface area contributed by atoms with Crippen molar-refractivity contribution >= 4 is 27.5 Å². The van der Waals surface area contributed by atoms with E-state index in [0.29, 0.717) is 22.1 Å². The molecule has 0 fully saturated rings. The van der Waals surface area contributed by atoms with Crippen LogP contribution >= 0.6 is 27.5 Å². The van der Waals surface area contributed by atoms with Gasteiger partial charge in [0.25, 0.3) is 0 Å². The van der Waals surface area contributed by atoms with Gasteiger partial charge in [-0.15, -0.1) is 0 Å². The lowest BCUT2D eigenvalue weighted by Crippen LogP contribution is -2.04. The SMILES string of the molecule is COc1cc(C(O)c2ccc(Cl)c(C)c2)c(OC)cc1Br. The minimum absolute atomic E-state index is 0.586. The van der Waals surface area contributed by atoms with Crippen molar-refractivity contribution in [3.63, 3.8) is 0 Å². The molecule has 0 radical (unpaired) electrons. The third-order valence-electron chi connectivity index (χ3n) is 3.30. The predicted octanol–water partition coefficient (Wildman–Crippen LogP) is 4.51. The molecule has 1 unspecified atom stereocenters. The van der Waals surface area contributed by atoms with E-state index in [4.69, 9.17) is 21.1 Å². The summed E-state index contributed by atoms with van der Waals surface area (Å²) in [6.45, 7) is 1.90. The minimum atomic E-state index is -0.821. The fourth-order valence-electron chi connectivity index (χ4n) is 2.12. The fourth-order valence-corrected chi connectivity index (χ4v) is 2.72. The molecule has 0 aliphatic carbocycles. The first-order valence-electron chi connectivity index (χ1n) is 6.33. The molecule has 0 bridgehead atoms. The molecule has 0 heterocycles. The van der Waals surface area contributed by atoms with Crippen LogP contribution in [-0.4, -0.2) is 19.3 Å². The van der Waals surface area contributed by atoms with Gasteiger partial charge in [0.1, 0.15) is 17.6 Å². The number of rotatable bonds is 4. The number of ether oxygens (including phenoxy) is 2. The molecule has 2 aromatic rings. The zero-order valence-electron chi connectivity index (χ0n) is 12.0. The molecule has 0 aliphatic rings. The Balaban J connectivity index is 2.50. The third-order valence-corrected chi connectivity index (χ3v) is 4.34. The molecule has 3 nitrogen and oxygen atoms in total. The average Bonchev–Trinajstić information content (AvgIpc) is 2.49. The van der Waals surface area contributed by atoms with Crippen LogP contribution in [0.25, 0.3) is 0 Å². The van der Waals surface area contributed by atoms with Crippen molar-refractivity contribution in [1.29, 1.82) is 0 Å². The van der Waals surface area contributed by atoms with Crippen molar-refractivity contribution in [2.24, 2.45) is 0 Å². The minimum Gasteiger partial charge on any atom is -0.496 e. The molecule has 0 amide bonds. The Morgan fingerprint density at radius 2 is 1.76 bits per heavy atom. The van der Waals surface area contributed by atoms with Crippen molar-refractivity contribution < 1.29 is 14.6 Å². The number of hydrogen-bond acceptors (Lipinski definition) is 3. The molecule has 1 N–H and O–H groups in total. The van der Waals surface area contributed by atoms with Gasteiger partial charge in [0.05, 0.1) is 18.7 Å². The second-order valence-corrected chi connectivity index (χ2v) is 5.90. The lowest BCUT2D eigenvalue weighted by Gasteiger charge is -2.18. The molecular formula is C16H16BrClO3. The molecule has 112 valence electrons. The van der Waals surface area contributed by atoms with Crippen LogP contribution < -0.4 is 9.47 Å². The monoisotopic (exact) mass is 370 g/mol. The molecule has 0 spiro atoms. The highest BCUT2D eigenvalue weighted by molar-refractivity contribution is 9.10. The van der Waals surface area contributed by atoms with E-state index in [9.17, 15) is 5.11 Å². The summed E-state index contributed by atoms with van der Waals surface area (Å²) in [7, 11) is 3.15. The molecular weight excluding hydrogens is 356 g/mol. The van der Waals surface area contributed by atoms with Crippen molar-refractivity contribution in [2.45, 2.75) is 13.0 Å². The Morgan fingerprint density at radius 3 is 2.33 bits per heavy atom. The standard InChI is InChI=1S/C16H16BrClO3/c1-9-6-10(4-5-13(9)18)16(19)11-7-15(21-3)12(17)8-14(11)20-2/h4-8,16,19H,1-3H3. The Bertz CT molecular complexity index is 658. The van der Waals surface area contributed by atoms with Crippen molar-refractivity contribution in [2.75, 3.05) is 14.2 Å². The van der Waals surface area contributed by atoms with Crippen molar-refractivity contribution in [3.05, 3.63) is 56.5 Å². The normalized spacial score (nSPS) is 12.1. The highest BCUT2D eigenvalue weighted by Gasteiger charge is 2.19. The number of aliphatic hydroxyl groups excluding tert-OH is 1. The summed E-state index contributed by atoms with van der Waals surface area (Å²) in [6, 6.07) is 8.98. The number of aliphatic hydroxyl groups is 1. The van der Waals surface area contributed by atoms with E-state index >= 15 is 0 Å². The van der Waals surface area contributed by atoms with E-state index in [1.54, 1.807) is 38.5 Å². The largest absolute Gasteiger partial charge is 0.496 e. The molecule has 5 heteroatoms. The lowest BCUT2D eigenvalue weighted by molar-refractivity contribution is 0.214. The van der Waals surface area contributed by atoms with Gasteiger partial charge in [0.2, 0.25) is 0 Å². The fraction of sp³-hybridized carbons (Fsp3) is 0.250. The van der Waals surface area contributed by atoms with Crippen molar-refractivity contribution in [3.8, 4) is 11.5 Å². The highest BCUT2D eigenvalue weighted by Crippen LogP contribution is 2.38. The molecule has 0 aromatic heterocycles. The van der Waals surface area contributed by atoms with Gasteiger partial charge >= 0.3 is 0 Å². The molecule has 21 heavy (non-hydrogen) atoms. The van der Waals surface area contributed by atoms with E-state index in [0.717, 1.165) is 15.6 Å². The molecule has 2 rings (SSSR count). The Hall–Kier alpha value is -1.23. The van der Waals surface area contributed by atoms with E-state index in [2.05, 4.69) is 15.9 Å². The summed E-state index contributed by atoms with van der Waals surface area (Å²) < 4.78 is 11.4. The van der Waals surface area contributed by atoms with Gasteiger partial charge in [-0.05, 0) is 52.2 Å². The zero-order chi connectivity index (χ0) is 15.6. The second kappa shape index (κ2) is 6.69. The van der Waals surface area contributed by atoms with Gasteiger partial charge in [0, 0.05) is 10.6 Å². The average molecular weight is 372 g/mol. The van der Waals surface area contributed by atoms with Gasteiger partial charge in [-0.25, -0.2) is 0 Å². The van der Waals surface area contributed by atoms with Crippen LogP contribution in [0.1, 0.15) is 22.8 Å². The Kier molecular flexibility index (Phi) is 5.14. The van der Waals surface area contributed by atoms with Crippen LogP contribution in [0.15, 0.2) is 34.8 Å². The number of halogens is 2. The summed E-state index contributed by atoms with van der Waals surface area (Å²) in [5.41, 5.74) is 2.30. The van der Waals surface area contributed by atoms with Gasteiger partial charge in [-0.3, -0.25) is 0 Å². The van der Waals surface area contributed by atoms with E-state index < -0.39 is 6.10 Å². The van der Waals surface area contributed by atoms with Gasteiger partial charge in [-0.1, -0.05) is 23.7 Å². The molecule has 0 saturated heterocycles. The van der Waals surface area contributed by atoms with Crippen LogP contribution in [0.4, 0.5) is 0 Å². The second-order valence-electron chi connectivity index (χ2n) is 4.64. The number of hydrogen-bond donors (Lipinski definition) is 1. The molecule has 0 aliphatic heterocycles. The van der Waals surface area contributed by atoms with Crippen LogP contribution in [0.5, 0.6) is 11.5 Å². The maximum absolute atomic E-state index is 10.6. The number of methoxy groups -OCH3 is 2. The first-order chi connectivity index (χ1) is 9.97. The summed E-state index contributed by atoms with van der Waals surface area (Å²) in [5.74, 6) is 1.22. The highest BCUT2D eigenvalue weighted by atomic mass is 79.9. The van der Waals surface area contributed by atoms with Gasteiger partial charge in [0.15, 0.2) is 0 Å². The predicted molar refractivity (Wildman–Crippen MR) is 87.5 cm³/mol. The first-order valence-corrected chi connectivity index (χ1v) is 7.50. The number of benzene rings is 2. The van der Waals surface area contributed by atoms with Crippen LogP contribution in [0.2, 0.25) is 5.02 Å². The number of aryl methyl sites for hydroxylation is 1. The van der Waals surface area contributed by atoms with E-state index in [1.807, 2.05) is 13.0 Å². The van der Waals surface area contributed by atoms with Gasteiger partial charge < -0.3 is 14.6 Å². The molecule has 2 aromatic carbocycles. The molecule has 1 atom stereocenters. The van der Waals surface area contributed by atoms with Crippen LogP contribution in [0, 0.1) is 6.92 Å². The quantitative estimate of drug-likeness (QED) is 0.859. The van der Waals surface area contributed by atoms with E-state index in [1.165, 1.54) is 0 Å².